The Hall–Kier alpha value is -3.48. The first-order valence-electron chi connectivity index (χ1n) is 10.1. The number of hydrogen-bond donors (Lipinski definition) is 3. The fourth-order valence-corrected chi connectivity index (χ4v) is 3.98. The largest absolute Gasteiger partial charge is 0.396 e. The second kappa shape index (κ2) is 10.0. The van der Waals surface area contributed by atoms with Crippen LogP contribution in [0, 0.1) is 0 Å². The maximum atomic E-state index is 12.5. The molecule has 0 fully saturated rings. The van der Waals surface area contributed by atoms with Crippen LogP contribution < -0.4 is 10.6 Å². The number of anilines is 2. The van der Waals surface area contributed by atoms with Crippen molar-refractivity contribution in [3.63, 3.8) is 0 Å². The highest BCUT2D eigenvalue weighted by atomic mass is 32.1. The van der Waals surface area contributed by atoms with Gasteiger partial charge >= 0.3 is 0 Å². The summed E-state index contributed by atoms with van der Waals surface area (Å²) in [5.41, 5.74) is 5.83. The number of para-hydroxylation sites is 1. The van der Waals surface area contributed by atoms with Gasteiger partial charge in [-0.25, -0.2) is 4.98 Å². The fraction of sp³-hybridized carbons (Fsp3) is 0.120. The lowest BCUT2D eigenvalue weighted by Crippen LogP contribution is -2.12. The Morgan fingerprint density at radius 2 is 1.68 bits per heavy atom. The summed E-state index contributed by atoms with van der Waals surface area (Å²) in [6.07, 6.45) is 0.488. The van der Waals surface area contributed by atoms with Gasteiger partial charge in [-0.1, -0.05) is 60.7 Å². The molecule has 0 radical (unpaired) electrons. The van der Waals surface area contributed by atoms with Gasteiger partial charge in [-0.3, -0.25) is 10.1 Å². The molecule has 0 aliphatic heterocycles. The Balaban J connectivity index is 1.39. The number of aliphatic hydroxyl groups excluding tert-OH is 1. The van der Waals surface area contributed by atoms with Crippen LogP contribution in [-0.2, 0) is 13.0 Å². The van der Waals surface area contributed by atoms with Crippen LogP contribution in [0.3, 0.4) is 0 Å². The predicted molar refractivity (Wildman–Crippen MR) is 127 cm³/mol. The lowest BCUT2D eigenvalue weighted by atomic mass is 10.0. The highest BCUT2D eigenvalue weighted by molar-refractivity contribution is 7.14. The maximum absolute atomic E-state index is 12.5. The van der Waals surface area contributed by atoms with Gasteiger partial charge in [0.1, 0.15) is 0 Å². The van der Waals surface area contributed by atoms with E-state index in [4.69, 9.17) is 5.11 Å². The molecular weight excluding hydrogens is 406 g/mol. The summed E-state index contributed by atoms with van der Waals surface area (Å²) in [7, 11) is 0. The van der Waals surface area contributed by atoms with Gasteiger partial charge in [0.05, 0.1) is 5.69 Å². The summed E-state index contributed by atoms with van der Waals surface area (Å²) in [4.78, 5) is 16.8. The van der Waals surface area contributed by atoms with Crippen molar-refractivity contribution in [2.75, 3.05) is 17.2 Å². The van der Waals surface area contributed by atoms with Crippen LogP contribution in [0.4, 0.5) is 10.8 Å². The minimum Gasteiger partial charge on any atom is -0.396 e. The normalized spacial score (nSPS) is 10.6. The van der Waals surface area contributed by atoms with Crippen molar-refractivity contribution >= 4 is 28.1 Å². The number of nitrogens with one attached hydrogen (secondary N) is 2. The Morgan fingerprint density at radius 3 is 2.45 bits per heavy atom. The minimum atomic E-state index is -0.196. The molecule has 0 spiro atoms. The van der Waals surface area contributed by atoms with E-state index in [1.165, 1.54) is 16.9 Å². The molecule has 0 atom stereocenters. The molecule has 4 aromatic rings. The van der Waals surface area contributed by atoms with Crippen LogP contribution in [0.5, 0.6) is 0 Å². The van der Waals surface area contributed by atoms with Crippen LogP contribution in [-0.4, -0.2) is 22.6 Å². The average Bonchev–Trinajstić information content (AvgIpc) is 3.26. The maximum Gasteiger partial charge on any atom is 0.257 e. The van der Waals surface area contributed by atoms with Crippen molar-refractivity contribution in [1.29, 1.82) is 0 Å². The number of hydrogen-bond acceptors (Lipinski definition) is 5. The van der Waals surface area contributed by atoms with Gasteiger partial charge in [-0.2, -0.15) is 0 Å². The number of aliphatic hydroxyl groups is 1. The van der Waals surface area contributed by atoms with E-state index in [1.54, 1.807) is 0 Å². The second-order valence-electron chi connectivity index (χ2n) is 7.03. The third kappa shape index (κ3) is 5.36. The first-order valence-corrected chi connectivity index (χ1v) is 10.9. The van der Waals surface area contributed by atoms with E-state index < -0.39 is 0 Å². The van der Waals surface area contributed by atoms with E-state index in [-0.39, 0.29) is 12.5 Å². The Kier molecular flexibility index (Phi) is 6.72. The summed E-state index contributed by atoms with van der Waals surface area (Å²) in [6.45, 7) is 0.700. The molecule has 156 valence electrons. The zero-order valence-corrected chi connectivity index (χ0v) is 17.7. The first kappa shape index (κ1) is 20.8. The summed E-state index contributed by atoms with van der Waals surface area (Å²) in [6, 6.07) is 26.1. The monoisotopic (exact) mass is 429 g/mol. The summed E-state index contributed by atoms with van der Waals surface area (Å²) >= 11 is 1.36. The van der Waals surface area contributed by atoms with Crippen molar-refractivity contribution in [1.82, 2.24) is 4.98 Å². The molecule has 1 amide bonds. The van der Waals surface area contributed by atoms with Crippen LogP contribution in [0.15, 0.2) is 84.2 Å². The second-order valence-corrected chi connectivity index (χ2v) is 7.89. The molecular formula is C25H23N3O2S. The van der Waals surface area contributed by atoms with E-state index in [2.05, 4.69) is 39.9 Å². The highest BCUT2D eigenvalue weighted by Crippen LogP contribution is 2.28. The van der Waals surface area contributed by atoms with Crippen LogP contribution in [0.1, 0.15) is 21.6 Å². The number of carbonyl (C=O) groups excluding carboxylic acids is 1. The Bertz CT molecular complexity index is 1140. The molecule has 0 aliphatic carbocycles. The Labute approximate surface area is 185 Å². The summed E-state index contributed by atoms with van der Waals surface area (Å²) in [5.74, 6) is -0.196. The average molecular weight is 430 g/mol. The number of amides is 1. The van der Waals surface area contributed by atoms with Gasteiger partial charge in [0.15, 0.2) is 5.13 Å². The standard InChI is InChI=1S/C25H23N3O2S/c29-15-14-21-17-31-25(27-21)28-24(30)20-12-10-18(11-13-20)16-26-23-9-5-4-8-22(23)19-6-2-1-3-7-19/h1-13,17,26,29H,14-16H2,(H,27,28,30). The number of benzene rings is 3. The number of aromatic nitrogens is 1. The smallest absolute Gasteiger partial charge is 0.257 e. The number of carbonyl (C=O) groups is 1. The van der Waals surface area contributed by atoms with Crippen LogP contribution in [0.25, 0.3) is 11.1 Å². The molecule has 1 aromatic heterocycles. The zero-order chi connectivity index (χ0) is 21.5. The van der Waals surface area contributed by atoms with E-state index >= 15 is 0 Å². The third-order valence-electron chi connectivity index (χ3n) is 4.85. The molecule has 0 saturated carbocycles. The lowest BCUT2D eigenvalue weighted by molar-refractivity contribution is 0.102. The topological polar surface area (TPSA) is 74.2 Å². The van der Waals surface area contributed by atoms with Crippen molar-refractivity contribution in [2.24, 2.45) is 0 Å². The van der Waals surface area contributed by atoms with Crippen LogP contribution in [0.2, 0.25) is 0 Å². The first-order chi connectivity index (χ1) is 15.2. The molecule has 3 N–H and O–H groups in total. The molecule has 1 heterocycles. The molecule has 31 heavy (non-hydrogen) atoms. The SMILES string of the molecule is O=C(Nc1nc(CCO)cs1)c1ccc(CNc2ccccc2-c2ccccc2)cc1. The highest BCUT2D eigenvalue weighted by Gasteiger charge is 2.10. The summed E-state index contributed by atoms with van der Waals surface area (Å²) in [5, 5.41) is 17.7. The van der Waals surface area contributed by atoms with Crippen molar-refractivity contribution in [3.8, 4) is 11.1 Å². The molecule has 0 saturated heterocycles. The molecule has 5 nitrogen and oxygen atoms in total. The molecule has 0 unspecified atom stereocenters. The van der Waals surface area contributed by atoms with Gasteiger partial charge in [-0.15, -0.1) is 11.3 Å². The van der Waals surface area contributed by atoms with Gasteiger partial charge < -0.3 is 10.4 Å². The molecule has 4 rings (SSSR count). The molecule has 3 aromatic carbocycles. The zero-order valence-electron chi connectivity index (χ0n) is 16.9. The van der Waals surface area contributed by atoms with Crippen molar-refractivity contribution in [3.05, 3.63) is 101 Å². The lowest BCUT2D eigenvalue weighted by Gasteiger charge is -2.12. The fourth-order valence-electron chi connectivity index (χ4n) is 3.24. The van der Waals surface area contributed by atoms with Gasteiger partial charge in [0.2, 0.25) is 0 Å². The van der Waals surface area contributed by atoms with Crippen molar-refractivity contribution < 1.29 is 9.90 Å². The Morgan fingerprint density at radius 1 is 0.935 bits per heavy atom. The third-order valence-corrected chi connectivity index (χ3v) is 5.66. The predicted octanol–water partition coefficient (Wildman–Crippen LogP) is 5.21. The van der Waals surface area contributed by atoms with Gasteiger partial charge in [-0.05, 0) is 29.3 Å². The van der Waals surface area contributed by atoms with Crippen molar-refractivity contribution in [2.45, 2.75) is 13.0 Å². The molecule has 0 aliphatic rings. The minimum absolute atomic E-state index is 0.0441. The van der Waals surface area contributed by atoms with E-state index in [1.807, 2.05) is 60.0 Å². The number of nitrogens with zero attached hydrogens (tertiary/aromatic N) is 1. The van der Waals surface area contributed by atoms with Crippen LogP contribution >= 0.6 is 11.3 Å². The molecule has 0 bridgehead atoms. The summed E-state index contributed by atoms with van der Waals surface area (Å²) < 4.78 is 0. The van der Waals surface area contributed by atoms with Gasteiger partial charge in [0.25, 0.3) is 5.91 Å². The quantitative estimate of drug-likeness (QED) is 0.359. The van der Waals surface area contributed by atoms with E-state index in [0.717, 1.165) is 22.5 Å². The van der Waals surface area contributed by atoms with Gasteiger partial charge in [0, 0.05) is 41.8 Å². The van der Waals surface area contributed by atoms with E-state index in [0.29, 0.717) is 23.7 Å². The number of thiazole rings is 1. The molecule has 6 heteroatoms. The van der Waals surface area contributed by atoms with E-state index in [9.17, 15) is 4.79 Å². The number of rotatable bonds is 8.